The Kier molecular flexibility index (Phi) is 6.52. The van der Waals surface area contributed by atoms with Crippen molar-refractivity contribution < 1.29 is 28.5 Å². The highest BCUT2D eigenvalue weighted by molar-refractivity contribution is 6.28. The van der Waals surface area contributed by atoms with Gasteiger partial charge in [-0.15, -0.1) is 0 Å². The number of hydrogen-bond acceptors (Lipinski definition) is 9. The number of esters is 2. The predicted molar refractivity (Wildman–Crippen MR) is 112 cm³/mol. The summed E-state index contributed by atoms with van der Waals surface area (Å²) in [5.41, 5.74) is 1.79. The van der Waals surface area contributed by atoms with Crippen LogP contribution in [0.15, 0.2) is 36.7 Å². The van der Waals surface area contributed by atoms with Crippen LogP contribution in [0.25, 0.3) is 11.2 Å². The molecule has 1 fully saturated rings. The van der Waals surface area contributed by atoms with Crippen LogP contribution in [0.4, 0.5) is 0 Å². The molecule has 3 aromatic rings. The molecule has 0 unspecified atom stereocenters. The predicted octanol–water partition coefficient (Wildman–Crippen LogP) is 2.84. The lowest BCUT2D eigenvalue weighted by atomic mass is 10.2. The number of hydrogen-bond donors (Lipinski definition) is 0. The third kappa shape index (κ3) is 4.97. The molecule has 0 saturated carbocycles. The molecule has 1 aromatic carbocycles. The molecule has 3 heterocycles. The van der Waals surface area contributed by atoms with Crippen molar-refractivity contribution >= 4 is 34.7 Å². The molecule has 4 rings (SSSR count). The SMILES string of the molecule is CC(=O)OC[C@H]1O[C@@H](n2cnc3c(OCc4ccccc4)nc(Cl)nc32)C[C@@H]1OC(C)=O. The average Bonchev–Trinajstić information content (AvgIpc) is 3.34. The van der Waals surface area contributed by atoms with Gasteiger partial charge in [-0.2, -0.15) is 9.97 Å². The van der Waals surface area contributed by atoms with E-state index in [0.717, 1.165) is 5.56 Å². The van der Waals surface area contributed by atoms with Gasteiger partial charge in [0.15, 0.2) is 11.2 Å². The van der Waals surface area contributed by atoms with Gasteiger partial charge in [0.1, 0.15) is 31.6 Å². The van der Waals surface area contributed by atoms with Crippen molar-refractivity contribution in [3.63, 3.8) is 0 Å². The number of nitrogens with zero attached hydrogens (tertiary/aromatic N) is 4. The molecule has 0 radical (unpaired) electrons. The number of aromatic nitrogens is 4. The Morgan fingerprint density at radius 2 is 1.97 bits per heavy atom. The molecule has 3 atom stereocenters. The Morgan fingerprint density at radius 3 is 2.69 bits per heavy atom. The van der Waals surface area contributed by atoms with Crippen LogP contribution in [-0.2, 0) is 30.4 Å². The van der Waals surface area contributed by atoms with Gasteiger partial charge in [-0.05, 0) is 17.2 Å². The summed E-state index contributed by atoms with van der Waals surface area (Å²) in [6.45, 7) is 2.85. The second-order valence-electron chi connectivity index (χ2n) is 7.21. The van der Waals surface area contributed by atoms with E-state index in [1.54, 1.807) is 4.57 Å². The lowest BCUT2D eigenvalue weighted by Gasteiger charge is -2.17. The smallest absolute Gasteiger partial charge is 0.303 e. The zero-order valence-electron chi connectivity index (χ0n) is 17.4. The van der Waals surface area contributed by atoms with Crippen LogP contribution >= 0.6 is 11.6 Å². The number of imidazole rings is 1. The van der Waals surface area contributed by atoms with E-state index >= 15 is 0 Å². The van der Waals surface area contributed by atoms with E-state index in [4.69, 9.17) is 30.5 Å². The van der Waals surface area contributed by atoms with Crippen LogP contribution in [-0.4, -0.2) is 50.3 Å². The number of carbonyl (C=O) groups is 2. The summed E-state index contributed by atoms with van der Waals surface area (Å²) in [7, 11) is 0. The Hall–Kier alpha value is -3.24. The molecule has 1 aliphatic heterocycles. The van der Waals surface area contributed by atoms with Gasteiger partial charge in [0.05, 0.1) is 6.33 Å². The van der Waals surface area contributed by atoms with Gasteiger partial charge in [-0.3, -0.25) is 14.2 Å². The van der Waals surface area contributed by atoms with Crippen molar-refractivity contribution in [1.82, 2.24) is 19.5 Å². The van der Waals surface area contributed by atoms with Gasteiger partial charge >= 0.3 is 11.9 Å². The lowest BCUT2D eigenvalue weighted by molar-refractivity contribution is -0.155. The first-order chi connectivity index (χ1) is 15.4. The minimum atomic E-state index is -0.628. The quantitative estimate of drug-likeness (QED) is 0.387. The van der Waals surface area contributed by atoms with E-state index in [1.165, 1.54) is 20.2 Å². The number of benzene rings is 1. The van der Waals surface area contributed by atoms with Crippen LogP contribution in [0.5, 0.6) is 5.88 Å². The highest BCUT2D eigenvalue weighted by Crippen LogP contribution is 2.34. The van der Waals surface area contributed by atoms with Crippen molar-refractivity contribution in [3.8, 4) is 5.88 Å². The number of ether oxygens (including phenoxy) is 4. The van der Waals surface area contributed by atoms with E-state index in [9.17, 15) is 9.59 Å². The van der Waals surface area contributed by atoms with Crippen molar-refractivity contribution in [2.75, 3.05) is 6.61 Å². The first-order valence-corrected chi connectivity index (χ1v) is 10.3. The molecule has 2 aromatic heterocycles. The second-order valence-corrected chi connectivity index (χ2v) is 7.55. The van der Waals surface area contributed by atoms with E-state index < -0.39 is 30.4 Å². The Morgan fingerprint density at radius 1 is 1.19 bits per heavy atom. The number of fused-ring (bicyclic) bond motifs is 1. The molecule has 32 heavy (non-hydrogen) atoms. The maximum absolute atomic E-state index is 11.5. The van der Waals surface area contributed by atoms with E-state index in [0.29, 0.717) is 17.6 Å². The van der Waals surface area contributed by atoms with Gasteiger partial charge in [-0.1, -0.05) is 30.3 Å². The van der Waals surface area contributed by atoms with Crippen LogP contribution in [0.3, 0.4) is 0 Å². The molecule has 0 N–H and O–H groups in total. The van der Waals surface area contributed by atoms with E-state index in [2.05, 4.69) is 15.0 Å². The molecular formula is C21H21ClN4O6. The third-order valence-electron chi connectivity index (χ3n) is 4.84. The fourth-order valence-electron chi connectivity index (χ4n) is 3.46. The zero-order valence-corrected chi connectivity index (χ0v) is 18.2. The van der Waals surface area contributed by atoms with Crippen molar-refractivity contribution in [2.45, 2.75) is 45.3 Å². The van der Waals surface area contributed by atoms with Gasteiger partial charge in [-0.25, -0.2) is 4.98 Å². The molecular weight excluding hydrogens is 440 g/mol. The van der Waals surface area contributed by atoms with Crippen LogP contribution in [0.1, 0.15) is 32.1 Å². The van der Waals surface area contributed by atoms with Gasteiger partial charge < -0.3 is 18.9 Å². The lowest BCUT2D eigenvalue weighted by Crippen LogP contribution is -2.31. The van der Waals surface area contributed by atoms with Crippen LogP contribution in [0, 0.1) is 0 Å². The second kappa shape index (κ2) is 9.49. The molecule has 0 bridgehead atoms. The highest BCUT2D eigenvalue weighted by Gasteiger charge is 2.40. The molecule has 1 aliphatic rings. The first kappa shape index (κ1) is 22.0. The van der Waals surface area contributed by atoms with Crippen LogP contribution in [0.2, 0.25) is 5.28 Å². The minimum absolute atomic E-state index is 0.00620. The molecule has 1 saturated heterocycles. The molecule has 0 aliphatic carbocycles. The standard InChI is InChI=1S/C21H21ClN4O6/c1-12(27)29-10-16-15(31-13(2)28)8-17(32-16)26-11-23-18-19(26)24-21(22)25-20(18)30-9-14-6-4-3-5-7-14/h3-7,11,15-17H,8-10H2,1-2H3/t15-,16+,17+/m0/s1. The summed E-state index contributed by atoms with van der Waals surface area (Å²) >= 11 is 6.14. The summed E-state index contributed by atoms with van der Waals surface area (Å²) in [4.78, 5) is 35.5. The largest absolute Gasteiger partial charge is 0.471 e. The van der Waals surface area contributed by atoms with Gasteiger partial charge in [0.25, 0.3) is 0 Å². The van der Waals surface area contributed by atoms with Gasteiger partial charge in [0, 0.05) is 20.3 Å². The fourth-order valence-corrected chi connectivity index (χ4v) is 3.62. The summed E-state index contributed by atoms with van der Waals surface area (Å²) in [6, 6.07) is 9.62. The third-order valence-corrected chi connectivity index (χ3v) is 5.01. The number of rotatable bonds is 7. The zero-order chi connectivity index (χ0) is 22.7. The first-order valence-electron chi connectivity index (χ1n) is 9.93. The Bertz CT molecular complexity index is 1120. The summed E-state index contributed by atoms with van der Waals surface area (Å²) < 4.78 is 23.9. The van der Waals surface area contributed by atoms with E-state index in [1.807, 2.05) is 30.3 Å². The topological polar surface area (TPSA) is 115 Å². The van der Waals surface area contributed by atoms with Crippen molar-refractivity contribution in [1.29, 1.82) is 0 Å². The molecule has 10 nitrogen and oxygen atoms in total. The Balaban J connectivity index is 1.58. The minimum Gasteiger partial charge on any atom is -0.471 e. The molecule has 11 heteroatoms. The summed E-state index contributed by atoms with van der Waals surface area (Å²) in [5, 5.41) is -0.00620. The monoisotopic (exact) mass is 460 g/mol. The fraction of sp³-hybridized carbons (Fsp3) is 0.381. The van der Waals surface area contributed by atoms with Crippen LogP contribution < -0.4 is 4.74 Å². The maximum atomic E-state index is 11.5. The van der Waals surface area contributed by atoms with Gasteiger partial charge in [0.2, 0.25) is 11.2 Å². The molecule has 0 spiro atoms. The molecule has 0 amide bonds. The summed E-state index contributed by atoms with van der Waals surface area (Å²) in [5.74, 6) is -0.662. The highest BCUT2D eigenvalue weighted by atomic mass is 35.5. The maximum Gasteiger partial charge on any atom is 0.303 e. The van der Waals surface area contributed by atoms with E-state index in [-0.39, 0.29) is 24.4 Å². The molecule has 168 valence electrons. The van der Waals surface area contributed by atoms with Crippen molar-refractivity contribution in [3.05, 3.63) is 47.5 Å². The normalized spacial score (nSPS) is 20.3. The Labute approximate surface area is 188 Å². The average molecular weight is 461 g/mol. The number of carbonyl (C=O) groups excluding carboxylic acids is 2. The summed E-state index contributed by atoms with van der Waals surface area (Å²) in [6.07, 6.45) is 0.0581. The number of halogens is 1. The van der Waals surface area contributed by atoms with Crippen molar-refractivity contribution in [2.24, 2.45) is 0 Å².